The second-order valence-electron chi connectivity index (χ2n) is 14.4. The highest BCUT2D eigenvalue weighted by atomic mass is 35.5. The summed E-state index contributed by atoms with van der Waals surface area (Å²) in [6.45, 7) is 7.40. The molecule has 5 rings (SSSR count). The molecule has 4 amide bonds. The molecule has 48 heavy (non-hydrogen) atoms. The normalized spacial score (nSPS) is 23.1. The number of oxime groups is 1. The molecular formula is C34H46ClN5O8. The zero-order valence-electron chi connectivity index (χ0n) is 28.4. The molecule has 1 aromatic carbocycles. The van der Waals surface area contributed by atoms with Crippen LogP contribution in [0.4, 0.5) is 0 Å². The van der Waals surface area contributed by atoms with Gasteiger partial charge in [-0.15, -0.1) is 0 Å². The molecule has 13 nitrogen and oxygen atoms in total. The number of likely N-dealkylation sites (tertiary alicyclic amines) is 1. The summed E-state index contributed by atoms with van der Waals surface area (Å²) in [5.41, 5.74) is -0.701. The molecule has 1 aromatic rings. The number of methoxy groups -OCH3 is 2. The summed E-state index contributed by atoms with van der Waals surface area (Å²) in [5, 5.41) is 13.1. The summed E-state index contributed by atoms with van der Waals surface area (Å²) >= 11 is 6.44. The zero-order valence-corrected chi connectivity index (χ0v) is 29.2. The van der Waals surface area contributed by atoms with Crippen LogP contribution >= 0.6 is 11.6 Å². The van der Waals surface area contributed by atoms with Gasteiger partial charge >= 0.3 is 0 Å². The van der Waals surface area contributed by atoms with Crippen LogP contribution in [0.2, 0.25) is 5.02 Å². The van der Waals surface area contributed by atoms with Gasteiger partial charge in [0.15, 0.2) is 5.60 Å². The van der Waals surface area contributed by atoms with Gasteiger partial charge in [0, 0.05) is 36.4 Å². The van der Waals surface area contributed by atoms with E-state index in [1.165, 1.54) is 19.1 Å². The molecule has 4 aliphatic rings. The largest absolute Gasteiger partial charge is 0.496 e. The second kappa shape index (κ2) is 13.9. The fraction of sp³-hybridized carbons (Fsp3) is 0.647. The molecule has 0 radical (unpaired) electrons. The number of amides is 4. The predicted octanol–water partition coefficient (Wildman–Crippen LogP) is 2.89. The van der Waals surface area contributed by atoms with Gasteiger partial charge in [-0.25, -0.2) is 0 Å². The third kappa shape index (κ3) is 7.71. The maximum atomic E-state index is 14.4. The van der Waals surface area contributed by atoms with E-state index in [2.05, 4.69) is 21.1 Å². The van der Waals surface area contributed by atoms with E-state index in [4.69, 9.17) is 25.9 Å². The molecule has 3 fully saturated rings. The van der Waals surface area contributed by atoms with E-state index in [1.54, 1.807) is 12.1 Å². The van der Waals surface area contributed by atoms with Crippen molar-refractivity contribution >= 4 is 46.7 Å². The van der Waals surface area contributed by atoms with Crippen LogP contribution in [0.1, 0.15) is 84.6 Å². The van der Waals surface area contributed by atoms with E-state index in [9.17, 15) is 24.0 Å². The van der Waals surface area contributed by atoms with Gasteiger partial charge in [0.25, 0.3) is 5.91 Å². The third-order valence-electron chi connectivity index (χ3n) is 9.30. The Kier molecular flexibility index (Phi) is 10.3. The van der Waals surface area contributed by atoms with Crippen LogP contribution in [0.25, 0.3) is 0 Å². The summed E-state index contributed by atoms with van der Waals surface area (Å²) in [4.78, 5) is 74.7. The Balaban J connectivity index is 1.43. The number of carbonyl (C=O) groups excluding carboxylic acids is 5. The van der Waals surface area contributed by atoms with E-state index >= 15 is 0 Å². The fourth-order valence-corrected chi connectivity index (χ4v) is 6.49. The van der Waals surface area contributed by atoms with Crippen molar-refractivity contribution < 1.29 is 38.3 Å². The first-order valence-electron chi connectivity index (χ1n) is 16.6. The van der Waals surface area contributed by atoms with E-state index in [-0.39, 0.29) is 43.7 Å². The second-order valence-corrected chi connectivity index (χ2v) is 14.8. The van der Waals surface area contributed by atoms with Crippen molar-refractivity contribution in [2.45, 2.75) is 109 Å². The highest BCUT2D eigenvalue weighted by molar-refractivity contribution is 6.38. The molecule has 4 atom stereocenters. The van der Waals surface area contributed by atoms with Gasteiger partial charge in [-0.1, -0.05) is 50.9 Å². The number of hydrogen-bond donors (Lipinski definition) is 3. The lowest BCUT2D eigenvalue weighted by Crippen LogP contribution is -2.59. The van der Waals surface area contributed by atoms with Gasteiger partial charge in [-0.2, -0.15) is 0 Å². The van der Waals surface area contributed by atoms with Crippen molar-refractivity contribution in [3.63, 3.8) is 0 Å². The van der Waals surface area contributed by atoms with E-state index in [0.29, 0.717) is 34.2 Å². The molecule has 0 aromatic heterocycles. The number of halogens is 1. The van der Waals surface area contributed by atoms with Gasteiger partial charge in [-0.05, 0) is 43.6 Å². The van der Waals surface area contributed by atoms with Crippen molar-refractivity contribution in [2.24, 2.45) is 16.5 Å². The number of benzene rings is 1. The first-order valence-corrected chi connectivity index (χ1v) is 17.0. The SMILES string of the molecule is CCC[C@H](NC(=O)[C@@H]1C[C@]2(CC(c3cc(Cl)c(OC)cc3OC)=NO2)CN1C(=O)[C@@H](NC(=O)C1CC1)C(C)(C)C)C(=O)C(=O)NC1CC1. The third-order valence-corrected chi connectivity index (χ3v) is 9.60. The summed E-state index contributed by atoms with van der Waals surface area (Å²) in [6.07, 6.45) is 4.22. The number of rotatable bonds is 13. The number of ether oxygens (including phenoxy) is 2. The Labute approximate surface area is 285 Å². The summed E-state index contributed by atoms with van der Waals surface area (Å²) in [6, 6.07) is 0.219. The maximum absolute atomic E-state index is 14.4. The van der Waals surface area contributed by atoms with E-state index in [1.807, 2.05) is 27.7 Å². The average Bonchev–Trinajstić information content (AvgIpc) is 3.98. The molecular weight excluding hydrogens is 642 g/mol. The summed E-state index contributed by atoms with van der Waals surface area (Å²) in [7, 11) is 3.01. The number of hydrogen-bond acceptors (Lipinski definition) is 9. The van der Waals surface area contributed by atoms with Crippen molar-refractivity contribution in [3.05, 3.63) is 22.7 Å². The van der Waals surface area contributed by atoms with Gasteiger partial charge in [-0.3, -0.25) is 24.0 Å². The summed E-state index contributed by atoms with van der Waals surface area (Å²) in [5.74, 6) is -1.93. The smallest absolute Gasteiger partial charge is 0.289 e. The molecule has 0 bridgehead atoms. The molecule has 2 aliphatic carbocycles. The first-order chi connectivity index (χ1) is 22.7. The van der Waals surface area contributed by atoms with Crippen molar-refractivity contribution in [1.29, 1.82) is 0 Å². The average molecular weight is 688 g/mol. The van der Waals surface area contributed by atoms with Gasteiger partial charge in [0.1, 0.15) is 23.6 Å². The van der Waals surface area contributed by atoms with Crippen molar-refractivity contribution in [2.75, 3.05) is 20.8 Å². The Morgan fingerprint density at radius 1 is 1.04 bits per heavy atom. The quantitative estimate of drug-likeness (QED) is 0.267. The van der Waals surface area contributed by atoms with Crippen LogP contribution in [-0.2, 0) is 28.8 Å². The number of ketones is 1. The fourth-order valence-electron chi connectivity index (χ4n) is 6.25. The first kappa shape index (κ1) is 35.4. The Hall–Kier alpha value is -3.87. The molecule has 262 valence electrons. The Bertz CT molecular complexity index is 1500. The minimum atomic E-state index is -1.10. The number of Topliss-reactive ketones (excluding diaryl/α,β-unsaturated/α-hetero) is 1. The van der Waals surface area contributed by atoms with Crippen LogP contribution in [0.15, 0.2) is 17.3 Å². The topological polar surface area (TPSA) is 165 Å². The molecule has 3 N–H and O–H groups in total. The monoisotopic (exact) mass is 687 g/mol. The Morgan fingerprint density at radius 3 is 2.31 bits per heavy atom. The molecule has 2 aliphatic heterocycles. The van der Waals surface area contributed by atoms with Gasteiger partial charge in [0.05, 0.1) is 37.5 Å². The molecule has 1 spiro atoms. The standard InChI is InChI=1S/C34H46ClN5O8/c1-7-8-22(27(41)31(44)36-19-11-12-19)37-30(43)24-16-34(15-23(39-48-34)20-13-21(35)26(47-6)14-25(20)46-5)17-40(24)32(45)28(33(2,3)4)38-29(42)18-9-10-18/h13-14,18-19,22,24,28H,7-12,15-17H2,1-6H3,(H,36,44)(H,37,43)(H,38,42)/t22-,24-,28+,34+/m0/s1. The number of nitrogens with one attached hydrogen (secondary N) is 3. The van der Waals surface area contributed by atoms with Gasteiger partial charge < -0.3 is 35.2 Å². The van der Waals surface area contributed by atoms with Crippen LogP contribution in [0.3, 0.4) is 0 Å². The number of carbonyl (C=O) groups is 5. The zero-order chi connectivity index (χ0) is 35.0. The van der Waals surface area contributed by atoms with E-state index < -0.39 is 52.6 Å². The van der Waals surface area contributed by atoms with E-state index in [0.717, 1.165) is 25.7 Å². The highest BCUT2D eigenvalue weighted by Crippen LogP contribution is 2.43. The van der Waals surface area contributed by atoms with Crippen LogP contribution in [0, 0.1) is 11.3 Å². The highest BCUT2D eigenvalue weighted by Gasteiger charge is 2.56. The lowest BCUT2D eigenvalue weighted by molar-refractivity contribution is -0.145. The van der Waals surface area contributed by atoms with Crippen LogP contribution < -0.4 is 25.4 Å². The minimum Gasteiger partial charge on any atom is -0.496 e. The molecule has 2 heterocycles. The van der Waals surface area contributed by atoms with Crippen molar-refractivity contribution in [3.8, 4) is 11.5 Å². The van der Waals surface area contributed by atoms with Crippen LogP contribution in [0.5, 0.6) is 11.5 Å². The minimum absolute atomic E-state index is 0.0104. The molecule has 0 unspecified atom stereocenters. The van der Waals surface area contributed by atoms with Gasteiger partial charge in [0.2, 0.25) is 23.5 Å². The lowest BCUT2D eigenvalue weighted by Gasteiger charge is -2.35. The lowest BCUT2D eigenvalue weighted by atomic mass is 9.85. The molecule has 2 saturated carbocycles. The maximum Gasteiger partial charge on any atom is 0.289 e. The molecule has 14 heteroatoms. The summed E-state index contributed by atoms with van der Waals surface area (Å²) < 4.78 is 10.9. The number of nitrogens with zero attached hydrogens (tertiary/aromatic N) is 2. The van der Waals surface area contributed by atoms with Crippen molar-refractivity contribution in [1.82, 2.24) is 20.9 Å². The predicted molar refractivity (Wildman–Crippen MR) is 177 cm³/mol. The van der Waals surface area contributed by atoms with Crippen LogP contribution in [-0.4, -0.2) is 90.6 Å². The Morgan fingerprint density at radius 2 is 1.73 bits per heavy atom. The molecule has 1 saturated heterocycles.